The molecule has 0 aromatic heterocycles. The lowest BCUT2D eigenvalue weighted by atomic mass is 10.1. The maximum atomic E-state index is 5.58. The van der Waals surface area contributed by atoms with Crippen molar-refractivity contribution >= 4 is 0 Å². The second-order valence-electron chi connectivity index (χ2n) is 4.92. The summed E-state index contributed by atoms with van der Waals surface area (Å²) in [5.74, 6) is 0. The fourth-order valence-corrected chi connectivity index (χ4v) is 2.30. The van der Waals surface area contributed by atoms with Crippen molar-refractivity contribution in [2.45, 2.75) is 51.3 Å². The van der Waals surface area contributed by atoms with Crippen molar-refractivity contribution in [2.24, 2.45) is 0 Å². The number of morpholine rings is 1. The first kappa shape index (κ1) is 11.4. The molecule has 3 nitrogen and oxygen atoms in total. The number of rotatable bonds is 5. The predicted molar refractivity (Wildman–Crippen MR) is 62.1 cm³/mol. The Kier molecular flexibility index (Phi) is 4.00. The standard InChI is InChI=1S/C12H24N2O/c1-3-12(8-13-11-4-5-11)14-6-7-15-10(2)9-14/h10-13H,3-9H2,1-2H3. The lowest BCUT2D eigenvalue weighted by molar-refractivity contribution is -0.0343. The van der Waals surface area contributed by atoms with Crippen molar-refractivity contribution in [3.8, 4) is 0 Å². The van der Waals surface area contributed by atoms with Crippen molar-refractivity contribution in [1.82, 2.24) is 10.2 Å². The molecule has 0 spiro atoms. The largest absolute Gasteiger partial charge is 0.376 e. The summed E-state index contributed by atoms with van der Waals surface area (Å²) in [6, 6.07) is 1.54. The third-order valence-corrected chi connectivity index (χ3v) is 3.48. The molecule has 1 saturated heterocycles. The van der Waals surface area contributed by atoms with Gasteiger partial charge in [0, 0.05) is 31.7 Å². The molecule has 0 bridgehead atoms. The van der Waals surface area contributed by atoms with Gasteiger partial charge in [-0.2, -0.15) is 0 Å². The van der Waals surface area contributed by atoms with E-state index < -0.39 is 0 Å². The zero-order chi connectivity index (χ0) is 10.7. The van der Waals surface area contributed by atoms with E-state index in [0.717, 1.165) is 32.3 Å². The molecule has 2 rings (SSSR count). The highest BCUT2D eigenvalue weighted by Gasteiger charge is 2.26. The minimum atomic E-state index is 0.411. The van der Waals surface area contributed by atoms with E-state index in [4.69, 9.17) is 4.74 Å². The van der Waals surface area contributed by atoms with Crippen LogP contribution in [0.15, 0.2) is 0 Å². The smallest absolute Gasteiger partial charge is 0.0674 e. The van der Waals surface area contributed by atoms with Crippen LogP contribution in [0.5, 0.6) is 0 Å². The lowest BCUT2D eigenvalue weighted by Gasteiger charge is -2.37. The molecule has 3 heteroatoms. The summed E-state index contributed by atoms with van der Waals surface area (Å²) in [6.45, 7) is 8.74. The lowest BCUT2D eigenvalue weighted by Crippen LogP contribution is -2.50. The summed E-state index contributed by atoms with van der Waals surface area (Å²) in [5.41, 5.74) is 0. The molecule has 2 aliphatic rings. The quantitative estimate of drug-likeness (QED) is 0.742. The van der Waals surface area contributed by atoms with Crippen molar-refractivity contribution in [3.63, 3.8) is 0 Å². The van der Waals surface area contributed by atoms with E-state index in [2.05, 4.69) is 24.1 Å². The van der Waals surface area contributed by atoms with Gasteiger partial charge in [0.15, 0.2) is 0 Å². The molecular formula is C12H24N2O. The van der Waals surface area contributed by atoms with Gasteiger partial charge in [0.25, 0.3) is 0 Å². The molecular weight excluding hydrogens is 188 g/mol. The van der Waals surface area contributed by atoms with Gasteiger partial charge in [0.2, 0.25) is 0 Å². The van der Waals surface area contributed by atoms with E-state index >= 15 is 0 Å². The number of hydrogen-bond donors (Lipinski definition) is 1. The van der Waals surface area contributed by atoms with Gasteiger partial charge in [-0.1, -0.05) is 6.92 Å². The third kappa shape index (κ3) is 3.44. The van der Waals surface area contributed by atoms with Crippen LogP contribution >= 0.6 is 0 Å². The first-order valence-electron chi connectivity index (χ1n) is 6.38. The molecule has 1 N–H and O–H groups in total. The zero-order valence-electron chi connectivity index (χ0n) is 10.0. The monoisotopic (exact) mass is 212 g/mol. The topological polar surface area (TPSA) is 24.5 Å². The van der Waals surface area contributed by atoms with Crippen LogP contribution in [0, 0.1) is 0 Å². The van der Waals surface area contributed by atoms with Crippen LogP contribution in [0.25, 0.3) is 0 Å². The first-order chi connectivity index (χ1) is 7.29. The van der Waals surface area contributed by atoms with Gasteiger partial charge in [-0.15, -0.1) is 0 Å². The van der Waals surface area contributed by atoms with Crippen molar-refractivity contribution < 1.29 is 4.74 Å². The molecule has 2 fully saturated rings. The van der Waals surface area contributed by atoms with Crippen molar-refractivity contribution in [1.29, 1.82) is 0 Å². The SMILES string of the molecule is CCC(CNC1CC1)N1CCOC(C)C1. The van der Waals surface area contributed by atoms with E-state index in [1.165, 1.54) is 19.3 Å². The van der Waals surface area contributed by atoms with E-state index in [9.17, 15) is 0 Å². The molecule has 15 heavy (non-hydrogen) atoms. The van der Waals surface area contributed by atoms with Crippen LogP contribution in [-0.2, 0) is 4.74 Å². The molecule has 1 aliphatic heterocycles. The molecule has 0 aromatic rings. The van der Waals surface area contributed by atoms with Crippen LogP contribution in [0.3, 0.4) is 0 Å². The van der Waals surface area contributed by atoms with Gasteiger partial charge in [-0.05, 0) is 26.2 Å². The summed E-state index contributed by atoms with van der Waals surface area (Å²) >= 11 is 0. The van der Waals surface area contributed by atoms with E-state index in [0.29, 0.717) is 12.1 Å². The van der Waals surface area contributed by atoms with E-state index in [1.54, 1.807) is 0 Å². The Morgan fingerprint density at radius 1 is 1.47 bits per heavy atom. The number of ether oxygens (including phenoxy) is 1. The zero-order valence-corrected chi connectivity index (χ0v) is 10.0. The van der Waals surface area contributed by atoms with Gasteiger partial charge in [-0.3, -0.25) is 4.90 Å². The van der Waals surface area contributed by atoms with Gasteiger partial charge in [-0.25, -0.2) is 0 Å². The van der Waals surface area contributed by atoms with Crippen LogP contribution in [0.4, 0.5) is 0 Å². The molecule has 88 valence electrons. The van der Waals surface area contributed by atoms with Crippen LogP contribution in [-0.4, -0.2) is 49.3 Å². The fourth-order valence-electron chi connectivity index (χ4n) is 2.30. The van der Waals surface area contributed by atoms with Gasteiger partial charge >= 0.3 is 0 Å². The Morgan fingerprint density at radius 3 is 2.87 bits per heavy atom. The fraction of sp³-hybridized carbons (Fsp3) is 1.00. The average molecular weight is 212 g/mol. The Morgan fingerprint density at radius 2 is 2.27 bits per heavy atom. The van der Waals surface area contributed by atoms with Gasteiger partial charge in [0.05, 0.1) is 12.7 Å². The molecule has 0 amide bonds. The molecule has 0 radical (unpaired) electrons. The summed E-state index contributed by atoms with van der Waals surface area (Å²) in [6.07, 6.45) is 4.42. The summed E-state index contributed by atoms with van der Waals surface area (Å²) in [4.78, 5) is 2.59. The molecule has 0 aromatic carbocycles. The van der Waals surface area contributed by atoms with Crippen LogP contribution in [0.1, 0.15) is 33.1 Å². The Hall–Kier alpha value is -0.120. The second-order valence-corrected chi connectivity index (χ2v) is 4.92. The number of nitrogens with zero attached hydrogens (tertiary/aromatic N) is 1. The van der Waals surface area contributed by atoms with Gasteiger partial charge < -0.3 is 10.1 Å². The highest BCUT2D eigenvalue weighted by atomic mass is 16.5. The summed E-state index contributed by atoms with van der Waals surface area (Å²) in [5, 5.41) is 3.64. The molecule has 1 heterocycles. The second kappa shape index (κ2) is 5.28. The third-order valence-electron chi connectivity index (χ3n) is 3.48. The normalized spacial score (nSPS) is 30.4. The predicted octanol–water partition coefficient (Wildman–Crippen LogP) is 1.24. The number of hydrogen-bond acceptors (Lipinski definition) is 3. The minimum absolute atomic E-state index is 0.411. The number of nitrogens with one attached hydrogen (secondary N) is 1. The molecule has 2 unspecified atom stereocenters. The van der Waals surface area contributed by atoms with Crippen molar-refractivity contribution in [2.75, 3.05) is 26.2 Å². The van der Waals surface area contributed by atoms with E-state index in [-0.39, 0.29) is 0 Å². The Bertz CT molecular complexity index is 194. The average Bonchev–Trinajstić information content (AvgIpc) is 3.03. The highest BCUT2D eigenvalue weighted by molar-refractivity contribution is 4.85. The maximum absolute atomic E-state index is 5.58. The summed E-state index contributed by atoms with van der Waals surface area (Å²) in [7, 11) is 0. The Balaban J connectivity index is 1.75. The molecule has 1 aliphatic carbocycles. The first-order valence-corrected chi connectivity index (χ1v) is 6.38. The van der Waals surface area contributed by atoms with E-state index in [1.807, 2.05) is 0 Å². The van der Waals surface area contributed by atoms with Crippen LogP contribution < -0.4 is 5.32 Å². The summed E-state index contributed by atoms with van der Waals surface area (Å²) < 4.78 is 5.58. The van der Waals surface area contributed by atoms with Crippen molar-refractivity contribution in [3.05, 3.63) is 0 Å². The maximum Gasteiger partial charge on any atom is 0.0674 e. The van der Waals surface area contributed by atoms with Gasteiger partial charge in [0.1, 0.15) is 0 Å². The molecule has 1 saturated carbocycles. The molecule has 2 atom stereocenters. The highest BCUT2D eigenvalue weighted by Crippen LogP contribution is 2.19. The minimum Gasteiger partial charge on any atom is -0.376 e. The van der Waals surface area contributed by atoms with Crippen LogP contribution in [0.2, 0.25) is 0 Å². The Labute approximate surface area is 93.2 Å².